The van der Waals surface area contributed by atoms with Crippen molar-refractivity contribution in [2.24, 2.45) is 0 Å². The van der Waals surface area contributed by atoms with Gasteiger partial charge in [0.25, 0.3) is 5.91 Å². The fourth-order valence-electron chi connectivity index (χ4n) is 2.33. The fraction of sp³-hybridized carbons (Fsp3) is 0.400. The Kier molecular flexibility index (Phi) is 7.43. The number of hydrogen-bond donors (Lipinski definition) is 2. The zero-order valence-electron chi connectivity index (χ0n) is 15.9. The number of aryl methyl sites for hydroxylation is 1. The Hall–Kier alpha value is -2.80. The van der Waals surface area contributed by atoms with Crippen molar-refractivity contribution in [3.05, 3.63) is 60.1 Å². The standard InChI is InChI=1S/C20H26N2O5/c1-20(2,3)27-19(24)21-17(15-9-5-4-6-10-15)18(23)22-26-14-8-12-16-11-7-13-25-16/h4-7,9-11,13,17H,8,12,14H2,1-3H3,(H,21,24)(H,22,23). The van der Waals surface area contributed by atoms with Gasteiger partial charge in [0.2, 0.25) is 0 Å². The molecule has 0 radical (unpaired) electrons. The van der Waals surface area contributed by atoms with Crippen molar-refractivity contribution in [2.75, 3.05) is 6.61 Å². The molecule has 146 valence electrons. The molecule has 0 aliphatic rings. The molecular formula is C20H26N2O5. The van der Waals surface area contributed by atoms with Crippen molar-refractivity contribution in [2.45, 2.75) is 45.3 Å². The summed E-state index contributed by atoms with van der Waals surface area (Å²) in [6.45, 7) is 5.59. The van der Waals surface area contributed by atoms with Gasteiger partial charge < -0.3 is 14.5 Å². The number of furan rings is 1. The first-order valence-electron chi connectivity index (χ1n) is 8.83. The monoisotopic (exact) mass is 374 g/mol. The molecule has 0 saturated heterocycles. The van der Waals surface area contributed by atoms with Crippen molar-refractivity contribution in [3.63, 3.8) is 0 Å². The molecule has 1 atom stereocenters. The lowest BCUT2D eigenvalue weighted by atomic mass is 10.1. The van der Waals surface area contributed by atoms with E-state index in [4.69, 9.17) is 14.0 Å². The SMILES string of the molecule is CC(C)(C)OC(=O)NC(C(=O)NOCCCc1ccco1)c1ccccc1. The maximum absolute atomic E-state index is 12.5. The highest BCUT2D eigenvalue weighted by atomic mass is 16.7. The van der Waals surface area contributed by atoms with Crippen molar-refractivity contribution < 1.29 is 23.6 Å². The largest absolute Gasteiger partial charge is 0.469 e. The van der Waals surface area contributed by atoms with Crippen LogP contribution in [0.25, 0.3) is 0 Å². The van der Waals surface area contributed by atoms with Crippen LogP contribution in [0.15, 0.2) is 53.1 Å². The van der Waals surface area contributed by atoms with Gasteiger partial charge in [-0.3, -0.25) is 9.63 Å². The molecule has 1 aromatic carbocycles. The predicted octanol–water partition coefficient (Wildman–Crippen LogP) is 3.53. The number of nitrogens with one attached hydrogen (secondary N) is 2. The lowest BCUT2D eigenvalue weighted by molar-refractivity contribution is -0.136. The van der Waals surface area contributed by atoms with Crippen LogP contribution in [0.5, 0.6) is 0 Å². The molecule has 1 aromatic heterocycles. The highest BCUT2D eigenvalue weighted by Gasteiger charge is 2.25. The third kappa shape index (κ3) is 7.53. The number of ether oxygens (including phenoxy) is 1. The number of amides is 2. The fourth-order valence-corrected chi connectivity index (χ4v) is 2.33. The number of carbonyl (C=O) groups excluding carboxylic acids is 2. The van der Waals surface area contributed by atoms with E-state index in [1.54, 1.807) is 51.3 Å². The van der Waals surface area contributed by atoms with Crippen molar-refractivity contribution >= 4 is 12.0 Å². The molecule has 2 N–H and O–H groups in total. The number of hydrogen-bond acceptors (Lipinski definition) is 5. The Balaban J connectivity index is 1.87. The van der Waals surface area contributed by atoms with Gasteiger partial charge in [-0.1, -0.05) is 30.3 Å². The molecule has 0 aliphatic carbocycles. The first-order chi connectivity index (χ1) is 12.8. The van der Waals surface area contributed by atoms with Crippen molar-refractivity contribution in [1.29, 1.82) is 0 Å². The highest BCUT2D eigenvalue weighted by molar-refractivity contribution is 5.86. The molecule has 2 aromatic rings. The van der Waals surface area contributed by atoms with E-state index in [0.29, 0.717) is 25.0 Å². The molecule has 1 heterocycles. The Morgan fingerprint density at radius 3 is 2.48 bits per heavy atom. The van der Waals surface area contributed by atoms with Crippen LogP contribution in [0.4, 0.5) is 4.79 Å². The van der Waals surface area contributed by atoms with Crippen LogP contribution in [0.1, 0.15) is 44.6 Å². The van der Waals surface area contributed by atoms with Gasteiger partial charge in [0.05, 0.1) is 12.9 Å². The van der Waals surface area contributed by atoms with Crippen LogP contribution >= 0.6 is 0 Å². The molecule has 1 unspecified atom stereocenters. The molecule has 27 heavy (non-hydrogen) atoms. The van der Waals surface area contributed by atoms with Crippen molar-refractivity contribution in [3.8, 4) is 0 Å². The van der Waals surface area contributed by atoms with Gasteiger partial charge in [-0.15, -0.1) is 0 Å². The molecule has 0 saturated carbocycles. The zero-order valence-corrected chi connectivity index (χ0v) is 15.9. The molecule has 0 spiro atoms. The summed E-state index contributed by atoms with van der Waals surface area (Å²) >= 11 is 0. The minimum absolute atomic E-state index is 0.320. The van der Waals surface area contributed by atoms with Crippen LogP contribution in [0.2, 0.25) is 0 Å². The van der Waals surface area contributed by atoms with E-state index < -0.39 is 23.6 Å². The first kappa shape index (κ1) is 20.5. The lowest BCUT2D eigenvalue weighted by Gasteiger charge is -2.23. The summed E-state index contributed by atoms with van der Waals surface area (Å²) in [4.78, 5) is 29.8. The third-order valence-electron chi connectivity index (χ3n) is 3.48. The van der Waals surface area contributed by atoms with E-state index in [-0.39, 0.29) is 0 Å². The van der Waals surface area contributed by atoms with Crippen LogP contribution in [-0.4, -0.2) is 24.2 Å². The summed E-state index contributed by atoms with van der Waals surface area (Å²) in [7, 11) is 0. The lowest BCUT2D eigenvalue weighted by Crippen LogP contribution is -2.42. The second-order valence-corrected chi connectivity index (χ2v) is 6.99. The molecule has 0 bridgehead atoms. The Morgan fingerprint density at radius 1 is 1.11 bits per heavy atom. The third-order valence-corrected chi connectivity index (χ3v) is 3.48. The van der Waals surface area contributed by atoms with E-state index in [2.05, 4.69) is 10.8 Å². The predicted molar refractivity (Wildman–Crippen MR) is 99.7 cm³/mol. The Labute approximate surface area is 159 Å². The smallest absolute Gasteiger partial charge is 0.408 e. The summed E-state index contributed by atoms with van der Waals surface area (Å²) < 4.78 is 10.5. The quantitative estimate of drug-likeness (QED) is 0.545. The second-order valence-electron chi connectivity index (χ2n) is 6.99. The number of hydroxylamine groups is 1. The number of rotatable bonds is 8. The molecule has 0 fully saturated rings. The van der Waals surface area contributed by atoms with Crippen LogP contribution in [0, 0.1) is 0 Å². The van der Waals surface area contributed by atoms with Gasteiger partial charge in [0.1, 0.15) is 17.4 Å². The summed E-state index contributed by atoms with van der Waals surface area (Å²) in [6, 6.07) is 11.7. The second kappa shape index (κ2) is 9.78. The van der Waals surface area contributed by atoms with E-state index in [1.807, 2.05) is 18.2 Å². The first-order valence-corrected chi connectivity index (χ1v) is 8.83. The van der Waals surface area contributed by atoms with Gasteiger partial charge in [-0.2, -0.15) is 0 Å². The summed E-state index contributed by atoms with van der Waals surface area (Å²) in [5, 5.41) is 2.58. The molecular weight excluding hydrogens is 348 g/mol. The van der Waals surface area contributed by atoms with Gasteiger partial charge >= 0.3 is 6.09 Å². The Morgan fingerprint density at radius 2 is 1.85 bits per heavy atom. The zero-order chi connectivity index (χ0) is 19.7. The molecule has 2 rings (SSSR count). The average molecular weight is 374 g/mol. The summed E-state index contributed by atoms with van der Waals surface area (Å²) in [5.41, 5.74) is 2.35. The normalized spacial score (nSPS) is 12.3. The van der Waals surface area contributed by atoms with E-state index >= 15 is 0 Å². The van der Waals surface area contributed by atoms with Gasteiger partial charge in [0.15, 0.2) is 0 Å². The minimum atomic E-state index is -0.925. The average Bonchev–Trinajstić information content (AvgIpc) is 3.12. The minimum Gasteiger partial charge on any atom is -0.469 e. The van der Waals surface area contributed by atoms with Crippen LogP contribution < -0.4 is 10.8 Å². The molecule has 0 aliphatic heterocycles. The number of benzene rings is 1. The number of alkyl carbamates (subject to hydrolysis) is 1. The summed E-state index contributed by atoms with van der Waals surface area (Å²) in [5.74, 6) is 0.378. The van der Waals surface area contributed by atoms with Crippen LogP contribution in [0.3, 0.4) is 0 Å². The Bertz CT molecular complexity index is 708. The van der Waals surface area contributed by atoms with E-state index in [9.17, 15) is 9.59 Å². The van der Waals surface area contributed by atoms with Gasteiger partial charge in [-0.05, 0) is 44.9 Å². The molecule has 7 nitrogen and oxygen atoms in total. The van der Waals surface area contributed by atoms with Crippen molar-refractivity contribution in [1.82, 2.24) is 10.8 Å². The van der Waals surface area contributed by atoms with Crippen LogP contribution in [-0.2, 0) is 20.8 Å². The van der Waals surface area contributed by atoms with E-state index in [0.717, 1.165) is 5.76 Å². The van der Waals surface area contributed by atoms with Gasteiger partial charge in [0, 0.05) is 6.42 Å². The van der Waals surface area contributed by atoms with Gasteiger partial charge in [-0.25, -0.2) is 10.3 Å². The number of carbonyl (C=O) groups is 2. The highest BCUT2D eigenvalue weighted by Crippen LogP contribution is 2.15. The topological polar surface area (TPSA) is 89.8 Å². The van der Waals surface area contributed by atoms with E-state index in [1.165, 1.54) is 0 Å². The summed E-state index contributed by atoms with van der Waals surface area (Å²) in [6.07, 6.45) is 2.33. The molecule has 7 heteroatoms. The maximum atomic E-state index is 12.5. The molecule has 2 amide bonds. The maximum Gasteiger partial charge on any atom is 0.408 e.